The van der Waals surface area contributed by atoms with Crippen molar-refractivity contribution < 1.29 is 9.21 Å². The number of amides is 1. The summed E-state index contributed by atoms with van der Waals surface area (Å²) in [7, 11) is 0. The van der Waals surface area contributed by atoms with Crippen LogP contribution in [0.1, 0.15) is 12.3 Å². The first-order valence-corrected chi connectivity index (χ1v) is 8.63. The van der Waals surface area contributed by atoms with E-state index in [-0.39, 0.29) is 5.91 Å². The third-order valence-corrected chi connectivity index (χ3v) is 4.26. The highest BCUT2D eigenvalue weighted by molar-refractivity contribution is 14.1. The molecule has 0 aliphatic heterocycles. The highest BCUT2D eigenvalue weighted by Crippen LogP contribution is 2.21. The fourth-order valence-electron chi connectivity index (χ4n) is 1.87. The van der Waals surface area contributed by atoms with Gasteiger partial charge in [0.15, 0.2) is 0 Å². The van der Waals surface area contributed by atoms with Crippen LogP contribution in [-0.2, 0) is 11.2 Å². The first-order valence-electron chi connectivity index (χ1n) is 6.61. The van der Waals surface area contributed by atoms with Crippen molar-refractivity contribution in [2.75, 3.05) is 5.32 Å². The first kappa shape index (κ1) is 15.2. The van der Waals surface area contributed by atoms with Crippen molar-refractivity contribution in [1.29, 1.82) is 0 Å². The summed E-state index contributed by atoms with van der Waals surface area (Å²) < 4.78 is 6.63. The predicted molar refractivity (Wildman–Crippen MR) is 93.7 cm³/mol. The van der Waals surface area contributed by atoms with E-state index in [0.717, 1.165) is 14.8 Å². The zero-order valence-corrected chi connectivity index (χ0v) is 14.4. The monoisotopic (exact) mass is 425 g/mol. The minimum atomic E-state index is -0.0720. The lowest BCUT2D eigenvalue weighted by atomic mass is 10.2. The maximum atomic E-state index is 11.9. The number of benzene rings is 1. The van der Waals surface area contributed by atoms with E-state index in [2.05, 4.69) is 38.1 Å². The van der Waals surface area contributed by atoms with Crippen molar-refractivity contribution in [1.82, 2.24) is 10.2 Å². The molecule has 7 heteroatoms. The lowest BCUT2D eigenvalue weighted by Gasteiger charge is -2.04. The molecule has 22 heavy (non-hydrogen) atoms. The molecule has 0 saturated carbocycles. The standard InChI is InChI=1S/C15H12IN3O2S/c16-11-2-1-3-12(8-11)17-13(20)4-5-14-18-19-15(21-14)10-6-7-22-9-10/h1-3,6-9H,4-5H2,(H,17,20). The molecule has 0 bridgehead atoms. The minimum absolute atomic E-state index is 0.0720. The average molecular weight is 425 g/mol. The molecule has 3 aromatic rings. The quantitative estimate of drug-likeness (QED) is 0.629. The Kier molecular flexibility index (Phi) is 4.84. The largest absolute Gasteiger partial charge is 0.421 e. The Balaban J connectivity index is 1.55. The summed E-state index contributed by atoms with van der Waals surface area (Å²) in [6.07, 6.45) is 0.726. The SMILES string of the molecule is O=C(CCc1nnc(-c2ccsc2)o1)Nc1cccc(I)c1. The third kappa shape index (κ3) is 3.92. The van der Waals surface area contributed by atoms with Crippen molar-refractivity contribution in [3.63, 3.8) is 0 Å². The molecule has 0 aliphatic rings. The number of carbonyl (C=O) groups excluding carboxylic acids is 1. The van der Waals surface area contributed by atoms with Gasteiger partial charge in [-0.1, -0.05) is 6.07 Å². The van der Waals surface area contributed by atoms with Gasteiger partial charge < -0.3 is 9.73 Å². The molecule has 1 amide bonds. The smallest absolute Gasteiger partial charge is 0.248 e. The zero-order chi connectivity index (χ0) is 15.4. The second-order valence-corrected chi connectivity index (χ2v) is 6.60. The number of rotatable bonds is 5. The number of hydrogen-bond acceptors (Lipinski definition) is 5. The lowest BCUT2D eigenvalue weighted by molar-refractivity contribution is -0.116. The molecule has 0 radical (unpaired) electrons. The summed E-state index contributed by atoms with van der Waals surface area (Å²) in [6, 6.07) is 9.58. The van der Waals surface area contributed by atoms with Crippen molar-refractivity contribution >= 4 is 45.5 Å². The van der Waals surface area contributed by atoms with Gasteiger partial charge in [-0.3, -0.25) is 4.79 Å². The first-order chi connectivity index (χ1) is 10.7. The van der Waals surface area contributed by atoms with Crippen molar-refractivity contribution in [2.24, 2.45) is 0 Å². The van der Waals surface area contributed by atoms with Crippen LogP contribution in [0.5, 0.6) is 0 Å². The molecule has 1 aromatic carbocycles. The molecule has 0 unspecified atom stereocenters. The Morgan fingerprint density at radius 3 is 3.00 bits per heavy atom. The topological polar surface area (TPSA) is 68.0 Å². The number of anilines is 1. The van der Waals surface area contributed by atoms with E-state index in [9.17, 15) is 4.79 Å². The van der Waals surface area contributed by atoms with Crippen molar-refractivity contribution in [3.05, 3.63) is 50.6 Å². The molecule has 5 nitrogen and oxygen atoms in total. The third-order valence-electron chi connectivity index (χ3n) is 2.91. The van der Waals surface area contributed by atoms with Crippen LogP contribution in [-0.4, -0.2) is 16.1 Å². The molecule has 1 N–H and O–H groups in total. The van der Waals surface area contributed by atoms with E-state index in [0.29, 0.717) is 24.6 Å². The highest BCUT2D eigenvalue weighted by Gasteiger charge is 2.11. The van der Waals surface area contributed by atoms with Crippen LogP contribution in [0.2, 0.25) is 0 Å². The van der Waals surface area contributed by atoms with E-state index in [4.69, 9.17) is 4.42 Å². The zero-order valence-electron chi connectivity index (χ0n) is 11.5. The number of carbonyl (C=O) groups is 1. The number of nitrogens with zero attached hydrogens (tertiary/aromatic N) is 2. The lowest BCUT2D eigenvalue weighted by Crippen LogP contribution is -2.12. The van der Waals surface area contributed by atoms with Gasteiger partial charge in [-0.2, -0.15) is 11.3 Å². The molecular formula is C15H12IN3O2S. The Morgan fingerprint density at radius 1 is 1.32 bits per heavy atom. The number of aryl methyl sites for hydroxylation is 1. The maximum absolute atomic E-state index is 11.9. The van der Waals surface area contributed by atoms with Crippen LogP contribution in [0.15, 0.2) is 45.5 Å². The van der Waals surface area contributed by atoms with Crippen molar-refractivity contribution in [3.8, 4) is 11.5 Å². The van der Waals surface area contributed by atoms with Gasteiger partial charge in [0.1, 0.15) is 0 Å². The minimum Gasteiger partial charge on any atom is -0.421 e. The Bertz CT molecular complexity index is 771. The molecule has 2 aromatic heterocycles. The number of nitrogens with one attached hydrogen (secondary N) is 1. The molecule has 3 rings (SSSR count). The molecule has 0 atom stereocenters. The molecule has 0 spiro atoms. The fourth-order valence-corrected chi connectivity index (χ4v) is 3.04. The molecule has 0 saturated heterocycles. The van der Waals surface area contributed by atoms with Crippen LogP contribution in [0.4, 0.5) is 5.69 Å². The molecule has 2 heterocycles. The summed E-state index contributed by atoms with van der Waals surface area (Å²) in [4.78, 5) is 11.9. The van der Waals surface area contributed by atoms with Gasteiger partial charge in [0.2, 0.25) is 17.7 Å². The fraction of sp³-hybridized carbons (Fsp3) is 0.133. The van der Waals surface area contributed by atoms with Crippen LogP contribution < -0.4 is 5.32 Å². The number of aromatic nitrogens is 2. The van der Waals surface area contributed by atoms with Gasteiger partial charge in [0, 0.05) is 33.0 Å². The summed E-state index contributed by atoms with van der Waals surface area (Å²) >= 11 is 3.78. The van der Waals surface area contributed by atoms with Crippen molar-refractivity contribution in [2.45, 2.75) is 12.8 Å². The van der Waals surface area contributed by atoms with Crippen LogP contribution in [0.3, 0.4) is 0 Å². The summed E-state index contributed by atoms with van der Waals surface area (Å²) in [5.74, 6) is 0.894. The Labute approximate surface area is 144 Å². The number of hydrogen-bond donors (Lipinski definition) is 1. The molecular weight excluding hydrogens is 413 g/mol. The Morgan fingerprint density at radius 2 is 2.23 bits per heavy atom. The molecule has 0 fully saturated rings. The van der Waals surface area contributed by atoms with E-state index >= 15 is 0 Å². The van der Waals surface area contributed by atoms with E-state index in [1.807, 2.05) is 41.1 Å². The van der Waals surface area contributed by atoms with Gasteiger partial charge in [0.05, 0.1) is 0 Å². The van der Waals surface area contributed by atoms with Gasteiger partial charge in [-0.15, -0.1) is 10.2 Å². The predicted octanol–water partition coefficient (Wildman–Crippen LogP) is 3.97. The molecule has 0 aliphatic carbocycles. The van der Waals surface area contributed by atoms with Crippen LogP contribution in [0, 0.1) is 3.57 Å². The Hall–Kier alpha value is -1.74. The second-order valence-electron chi connectivity index (χ2n) is 4.57. The summed E-state index contributed by atoms with van der Waals surface area (Å²) in [5, 5.41) is 14.7. The number of thiophene rings is 1. The van der Waals surface area contributed by atoms with Gasteiger partial charge >= 0.3 is 0 Å². The van der Waals surface area contributed by atoms with Crippen LogP contribution >= 0.6 is 33.9 Å². The average Bonchev–Trinajstić information content (AvgIpc) is 3.16. The summed E-state index contributed by atoms with van der Waals surface area (Å²) in [5.41, 5.74) is 1.70. The van der Waals surface area contributed by atoms with E-state index in [1.165, 1.54) is 0 Å². The number of halogens is 1. The second kappa shape index (κ2) is 7.01. The van der Waals surface area contributed by atoms with Crippen LogP contribution in [0.25, 0.3) is 11.5 Å². The highest BCUT2D eigenvalue weighted by atomic mass is 127. The summed E-state index contributed by atoms with van der Waals surface area (Å²) in [6.45, 7) is 0. The van der Waals surface area contributed by atoms with Gasteiger partial charge in [0.25, 0.3) is 0 Å². The normalized spacial score (nSPS) is 10.6. The maximum Gasteiger partial charge on any atom is 0.248 e. The van der Waals surface area contributed by atoms with Gasteiger partial charge in [-0.05, 0) is 52.2 Å². The van der Waals surface area contributed by atoms with Gasteiger partial charge in [-0.25, -0.2) is 0 Å². The van der Waals surface area contributed by atoms with E-state index < -0.39 is 0 Å². The van der Waals surface area contributed by atoms with E-state index in [1.54, 1.807) is 11.3 Å². The molecule has 112 valence electrons.